The molecule has 1 amide bonds. The third-order valence-corrected chi connectivity index (χ3v) is 6.35. The van der Waals surface area contributed by atoms with E-state index in [0.29, 0.717) is 48.2 Å². The Kier molecular flexibility index (Phi) is 5.94. The van der Waals surface area contributed by atoms with Gasteiger partial charge >= 0.3 is 5.97 Å². The molecule has 4 unspecified atom stereocenters. The van der Waals surface area contributed by atoms with Crippen LogP contribution in [-0.4, -0.2) is 52.8 Å². The molecule has 0 radical (unpaired) electrons. The zero-order valence-electron chi connectivity index (χ0n) is 17.5. The van der Waals surface area contributed by atoms with Crippen LogP contribution in [0, 0.1) is 5.92 Å². The number of carboxylic acids is 1. The number of rotatable bonds is 8. The molecular formula is C22H26ClN3O5. The fourth-order valence-corrected chi connectivity index (χ4v) is 4.47. The number of carbonyl (C=O) groups excluding carboxylic acids is 1. The van der Waals surface area contributed by atoms with Gasteiger partial charge in [-0.25, -0.2) is 9.78 Å². The smallest absolute Gasteiger partial charge is 0.329 e. The summed E-state index contributed by atoms with van der Waals surface area (Å²) in [6.07, 6.45) is 1.35. The predicted octanol–water partition coefficient (Wildman–Crippen LogP) is 2.77. The fourth-order valence-electron chi connectivity index (χ4n) is 4.25. The standard InChI is InChI=1S/C22H26ClN3O5/c1-3-12-10-22(12,21(28)29)26-20(27)16-8-13(11-24-16)31-17-9-18(30-4-2)25-19-14(17)6-5-7-15(19)23/h5-7,9,12-13,16,24H,3-4,8,10-11H2,1-2H3,(H,26,27)(H,28,29). The monoisotopic (exact) mass is 447 g/mol. The molecule has 9 heteroatoms. The van der Waals surface area contributed by atoms with Gasteiger partial charge in [0.1, 0.15) is 17.4 Å². The molecule has 2 aromatic rings. The Morgan fingerprint density at radius 1 is 1.39 bits per heavy atom. The van der Waals surface area contributed by atoms with Gasteiger partial charge in [0.05, 0.1) is 23.2 Å². The summed E-state index contributed by atoms with van der Waals surface area (Å²) in [4.78, 5) is 28.8. The van der Waals surface area contributed by atoms with Crippen LogP contribution in [0.3, 0.4) is 0 Å². The highest BCUT2D eigenvalue weighted by molar-refractivity contribution is 6.35. The molecule has 2 heterocycles. The van der Waals surface area contributed by atoms with Crippen LogP contribution in [-0.2, 0) is 9.59 Å². The normalized spacial score (nSPS) is 27.1. The van der Waals surface area contributed by atoms with E-state index in [4.69, 9.17) is 21.1 Å². The number of carbonyl (C=O) groups is 2. The number of fused-ring (bicyclic) bond motifs is 1. The van der Waals surface area contributed by atoms with Gasteiger partial charge in [-0.15, -0.1) is 0 Å². The summed E-state index contributed by atoms with van der Waals surface area (Å²) in [5, 5.41) is 16.7. The molecule has 1 aromatic heterocycles. The minimum atomic E-state index is -1.13. The summed E-state index contributed by atoms with van der Waals surface area (Å²) in [5.74, 6) is -0.295. The van der Waals surface area contributed by atoms with Gasteiger partial charge in [0.2, 0.25) is 11.8 Å². The van der Waals surface area contributed by atoms with Gasteiger partial charge in [0.25, 0.3) is 0 Å². The van der Waals surface area contributed by atoms with Gasteiger partial charge < -0.3 is 25.2 Å². The molecular weight excluding hydrogens is 422 g/mol. The van der Waals surface area contributed by atoms with Crippen molar-refractivity contribution in [1.82, 2.24) is 15.6 Å². The lowest BCUT2D eigenvalue weighted by Crippen LogP contribution is -2.51. The highest BCUT2D eigenvalue weighted by Gasteiger charge is 2.61. The lowest BCUT2D eigenvalue weighted by molar-refractivity contribution is -0.144. The van der Waals surface area contributed by atoms with E-state index in [1.165, 1.54) is 0 Å². The first-order valence-corrected chi connectivity index (χ1v) is 10.9. The number of hydrogen-bond donors (Lipinski definition) is 3. The highest BCUT2D eigenvalue weighted by atomic mass is 35.5. The van der Waals surface area contributed by atoms with E-state index in [9.17, 15) is 14.7 Å². The molecule has 8 nitrogen and oxygen atoms in total. The topological polar surface area (TPSA) is 110 Å². The van der Waals surface area contributed by atoms with Gasteiger partial charge in [0.15, 0.2) is 0 Å². The minimum Gasteiger partial charge on any atom is -0.488 e. The number of halogens is 1. The van der Waals surface area contributed by atoms with Gasteiger partial charge in [-0.2, -0.15) is 0 Å². The number of amides is 1. The zero-order chi connectivity index (χ0) is 22.2. The third kappa shape index (κ3) is 4.14. The van der Waals surface area contributed by atoms with E-state index in [-0.39, 0.29) is 17.9 Å². The van der Waals surface area contributed by atoms with Crippen molar-refractivity contribution in [1.29, 1.82) is 0 Å². The summed E-state index contributed by atoms with van der Waals surface area (Å²) in [6, 6.07) is 6.68. The van der Waals surface area contributed by atoms with Crippen LogP contribution in [0.4, 0.5) is 0 Å². The average molecular weight is 448 g/mol. The summed E-state index contributed by atoms with van der Waals surface area (Å²) in [5.41, 5.74) is -0.537. The van der Waals surface area contributed by atoms with E-state index in [1.807, 2.05) is 26.0 Å². The summed E-state index contributed by atoms with van der Waals surface area (Å²) >= 11 is 6.31. The number of nitrogens with zero attached hydrogens (tertiary/aromatic N) is 1. The molecule has 2 fully saturated rings. The van der Waals surface area contributed by atoms with Crippen molar-refractivity contribution in [2.45, 2.75) is 50.8 Å². The van der Waals surface area contributed by atoms with Crippen LogP contribution in [0.15, 0.2) is 24.3 Å². The molecule has 1 aliphatic heterocycles. The number of benzene rings is 1. The number of para-hydroxylation sites is 1. The lowest BCUT2D eigenvalue weighted by Gasteiger charge is -2.18. The Balaban J connectivity index is 1.47. The van der Waals surface area contributed by atoms with Crippen LogP contribution in [0.25, 0.3) is 10.9 Å². The molecule has 1 saturated heterocycles. The van der Waals surface area contributed by atoms with Crippen molar-refractivity contribution in [3.63, 3.8) is 0 Å². The van der Waals surface area contributed by atoms with Crippen LogP contribution < -0.4 is 20.1 Å². The SMILES string of the molecule is CCOc1cc(OC2CNC(C(=O)NC3(C(=O)O)CC3CC)C2)c2cccc(Cl)c2n1. The maximum Gasteiger partial charge on any atom is 0.329 e. The molecule has 2 aliphatic rings. The van der Waals surface area contributed by atoms with Crippen molar-refractivity contribution >= 4 is 34.4 Å². The Morgan fingerprint density at radius 2 is 2.19 bits per heavy atom. The molecule has 4 rings (SSSR count). The fraction of sp³-hybridized carbons (Fsp3) is 0.500. The van der Waals surface area contributed by atoms with E-state index >= 15 is 0 Å². The number of aromatic nitrogens is 1. The average Bonchev–Trinajstić information content (AvgIpc) is 3.26. The quantitative estimate of drug-likeness (QED) is 0.570. The molecule has 4 atom stereocenters. The van der Waals surface area contributed by atoms with Crippen LogP contribution in [0.5, 0.6) is 11.6 Å². The Labute approximate surface area is 185 Å². The second-order valence-corrected chi connectivity index (χ2v) is 8.45. The largest absolute Gasteiger partial charge is 0.488 e. The summed E-state index contributed by atoms with van der Waals surface area (Å²) in [6.45, 7) is 4.72. The van der Waals surface area contributed by atoms with Gasteiger partial charge in [-0.1, -0.05) is 31.0 Å². The van der Waals surface area contributed by atoms with E-state index in [2.05, 4.69) is 15.6 Å². The van der Waals surface area contributed by atoms with E-state index in [0.717, 1.165) is 11.8 Å². The maximum absolute atomic E-state index is 12.7. The molecule has 166 valence electrons. The molecule has 1 aromatic carbocycles. The number of nitrogens with one attached hydrogen (secondary N) is 2. The van der Waals surface area contributed by atoms with E-state index < -0.39 is 17.6 Å². The Morgan fingerprint density at radius 3 is 2.87 bits per heavy atom. The second-order valence-electron chi connectivity index (χ2n) is 8.04. The number of hydrogen-bond acceptors (Lipinski definition) is 6. The maximum atomic E-state index is 12.7. The molecule has 1 aliphatic carbocycles. The summed E-state index contributed by atoms with van der Waals surface area (Å²) < 4.78 is 11.8. The zero-order valence-corrected chi connectivity index (χ0v) is 18.2. The van der Waals surface area contributed by atoms with Crippen molar-refractivity contribution < 1.29 is 24.2 Å². The van der Waals surface area contributed by atoms with E-state index in [1.54, 1.807) is 12.1 Å². The van der Waals surface area contributed by atoms with Crippen LogP contribution in [0.2, 0.25) is 5.02 Å². The summed E-state index contributed by atoms with van der Waals surface area (Å²) in [7, 11) is 0. The number of pyridine rings is 1. The molecule has 1 saturated carbocycles. The van der Waals surface area contributed by atoms with Crippen LogP contribution in [0.1, 0.15) is 33.1 Å². The molecule has 0 bridgehead atoms. The first-order valence-electron chi connectivity index (χ1n) is 10.6. The van der Waals surface area contributed by atoms with Crippen molar-refractivity contribution in [3.05, 3.63) is 29.3 Å². The van der Waals surface area contributed by atoms with Gasteiger partial charge in [-0.3, -0.25) is 4.79 Å². The van der Waals surface area contributed by atoms with Crippen molar-refractivity contribution in [2.24, 2.45) is 5.92 Å². The second kappa shape index (κ2) is 8.51. The molecule has 31 heavy (non-hydrogen) atoms. The first kappa shape index (κ1) is 21.6. The first-order chi connectivity index (χ1) is 14.9. The minimum absolute atomic E-state index is 0.0210. The van der Waals surface area contributed by atoms with Crippen molar-refractivity contribution in [3.8, 4) is 11.6 Å². The number of aliphatic carboxylic acids is 1. The Bertz CT molecular complexity index is 1020. The molecule has 0 spiro atoms. The van der Waals surface area contributed by atoms with Gasteiger partial charge in [-0.05, 0) is 31.4 Å². The van der Waals surface area contributed by atoms with Crippen LogP contribution >= 0.6 is 11.6 Å². The molecule has 3 N–H and O–H groups in total. The number of ether oxygens (including phenoxy) is 2. The predicted molar refractivity (Wildman–Crippen MR) is 116 cm³/mol. The third-order valence-electron chi connectivity index (χ3n) is 6.05. The van der Waals surface area contributed by atoms with Crippen molar-refractivity contribution in [2.75, 3.05) is 13.2 Å². The lowest BCUT2D eigenvalue weighted by atomic mass is 10.1. The van der Waals surface area contributed by atoms with Gasteiger partial charge in [0, 0.05) is 24.4 Å². The highest BCUT2D eigenvalue weighted by Crippen LogP contribution is 2.46. The number of carboxylic acid groups (broad SMARTS) is 1. The Hall–Kier alpha value is -2.58.